The first kappa shape index (κ1) is 19.5. The van der Waals surface area contributed by atoms with Gasteiger partial charge in [0.15, 0.2) is 8.07 Å². The summed E-state index contributed by atoms with van der Waals surface area (Å²) in [7, 11) is -2.42. The minimum absolute atomic E-state index is 1.30. The number of hydrogen-bond acceptors (Lipinski definition) is 0. The highest BCUT2D eigenvalue weighted by Gasteiger charge is 2.48. The van der Waals surface area contributed by atoms with Crippen LogP contribution in [0.3, 0.4) is 0 Å². The van der Waals surface area contributed by atoms with Crippen molar-refractivity contribution >= 4 is 50.4 Å². The van der Waals surface area contributed by atoms with Crippen molar-refractivity contribution in [1.29, 1.82) is 0 Å². The second-order valence-electron chi connectivity index (χ2n) is 9.44. The van der Waals surface area contributed by atoms with Crippen LogP contribution in [-0.2, 0) is 0 Å². The fourth-order valence-corrected chi connectivity index (χ4v) is 11.3. The summed E-state index contributed by atoms with van der Waals surface area (Å²) >= 11 is 0. The fraction of sp³-hybridized carbons (Fsp3) is 0.0303. The molecule has 6 aromatic rings. The van der Waals surface area contributed by atoms with Gasteiger partial charge in [-0.2, -0.15) is 0 Å². The first-order valence-corrected chi connectivity index (χ1v) is 14.0. The van der Waals surface area contributed by atoms with Gasteiger partial charge in [0, 0.05) is 0 Å². The third kappa shape index (κ3) is 2.59. The van der Waals surface area contributed by atoms with E-state index in [9.17, 15) is 0 Å². The van der Waals surface area contributed by atoms with Gasteiger partial charge in [-0.1, -0.05) is 121 Å². The van der Waals surface area contributed by atoms with Gasteiger partial charge in [0.25, 0.3) is 0 Å². The molecule has 0 nitrogen and oxygen atoms in total. The molecule has 0 unspecified atom stereocenters. The smallest absolute Gasteiger partial charge is 0.0623 e. The van der Waals surface area contributed by atoms with Gasteiger partial charge in [-0.15, -0.1) is 0 Å². The molecule has 0 fully saturated rings. The Morgan fingerprint density at radius 1 is 0.471 bits per heavy atom. The predicted octanol–water partition coefficient (Wildman–Crippen LogP) is 5.66. The van der Waals surface area contributed by atoms with Crippen LogP contribution in [0, 0.1) is 6.92 Å². The first-order chi connectivity index (χ1) is 16.8. The molecule has 0 bridgehead atoms. The van der Waals surface area contributed by atoms with Crippen molar-refractivity contribution in [3.63, 3.8) is 0 Å². The summed E-state index contributed by atoms with van der Waals surface area (Å²) in [4.78, 5) is 0. The highest BCUT2D eigenvalue weighted by Crippen LogP contribution is 2.36. The number of fused-ring (bicyclic) bond motifs is 6. The van der Waals surface area contributed by atoms with Crippen LogP contribution >= 0.6 is 0 Å². The van der Waals surface area contributed by atoms with E-state index in [-0.39, 0.29) is 0 Å². The average molecular weight is 449 g/mol. The van der Waals surface area contributed by atoms with E-state index in [4.69, 9.17) is 0 Å². The van der Waals surface area contributed by atoms with Crippen LogP contribution in [0.15, 0.2) is 127 Å². The molecule has 34 heavy (non-hydrogen) atoms. The largest absolute Gasteiger partial charge is 0.180 e. The van der Waals surface area contributed by atoms with Crippen LogP contribution < -0.4 is 20.7 Å². The molecule has 0 atom stereocenters. The van der Waals surface area contributed by atoms with E-state index in [0.29, 0.717) is 0 Å². The maximum Gasteiger partial charge on any atom is 0.180 e. The van der Waals surface area contributed by atoms with Gasteiger partial charge in [0.1, 0.15) is 0 Å². The fourth-order valence-electron chi connectivity index (χ4n) is 6.13. The molecule has 6 aromatic carbocycles. The van der Waals surface area contributed by atoms with Crippen molar-refractivity contribution in [2.75, 3.05) is 0 Å². The van der Waals surface area contributed by atoms with E-state index in [1.165, 1.54) is 59.0 Å². The van der Waals surface area contributed by atoms with Gasteiger partial charge in [0.2, 0.25) is 0 Å². The SMILES string of the molecule is Cc1ccc2cc3ccc4c(c3cc2c1)-c1ccccc1[Si]4(c1ccccc1)c1ccccc1. The molecule has 0 amide bonds. The lowest BCUT2D eigenvalue weighted by molar-refractivity contribution is 1.51. The van der Waals surface area contributed by atoms with Gasteiger partial charge < -0.3 is 0 Å². The molecule has 160 valence electrons. The van der Waals surface area contributed by atoms with Crippen molar-refractivity contribution in [1.82, 2.24) is 0 Å². The van der Waals surface area contributed by atoms with Crippen LogP contribution in [0.4, 0.5) is 0 Å². The van der Waals surface area contributed by atoms with Crippen molar-refractivity contribution in [2.24, 2.45) is 0 Å². The molecule has 7 rings (SSSR count). The molecule has 0 saturated carbocycles. The third-order valence-electron chi connectivity index (χ3n) is 7.55. The minimum Gasteiger partial charge on any atom is -0.0623 e. The Kier molecular flexibility index (Phi) is 4.18. The zero-order valence-corrected chi connectivity index (χ0v) is 20.1. The number of rotatable bonds is 2. The Bertz CT molecular complexity index is 1660. The lowest BCUT2D eigenvalue weighted by Crippen LogP contribution is -2.72. The zero-order valence-electron chi connectivity index (χ0n) is 19.1. The summed E-state index contributed by atoms with van der Waals surface area (Å²) in [6.45, 7) is 2.18. The van der Waals surface area contributed by atoms with E-state index in [2.05, 4.69) is 134 Å². The van der Waals surface area contributed by atoms with Crippen molar-refractivity contribution in [3.05, 3.63) is 133 Å². The number of aryl methyl sites for hydroxylation is 1. The third-order valence-corrected chi connectivity index (χ3v) is 12.4. The van der Waals surface area contributed by atoms with Gasteiger partial charge >= 0.3 is 0 Å². The Morgan fingerprint density at radius 2 is 1.12 bits per heavy atom. The Hall–Kier alpha value is -3.94. The highest BCUT2D eigenvalue weighted by atomic mass is 28.3. The van der Waals surface area contributed by atoms with Gasteiger partial charge in [-0.25, -0.2) is 0 Å². The van der Waals surface area contributed by atoms with E-state index in [1.54, 1.807) is 0 Å². The summed E-state index contributed by atoms with van der Waals surface area (Å²) in [5, 5.41) is 11.2. The Morgan fingerprint density at radius 3 is 1.85 bits per heavy atom. The molecule has 0 spiro atoms. The molecule has 0 radical (unpaired) electrons. The summed E-state index contributed by atoms with van der Waals surface area (Å²) in [6.07, 6.45) is 0. The first-order valence-electron chi connectivity index (χ1n) is 12.0. The minimum atomic E-state index is -2.42. The molecular weight excluding hydrogens is 424 g/mol. The standard InChI is InChI=1S/C33H24Si/c1-23-16-17-24-21-25-18-19-32-33(30(25)22-26(24)20-23)29-14-8-9-15-31(29)34(32,27-10-4-2-5-11-27)28-12-6-3-7-13-28/h2-22H,1H3. The normalized spacial score (nSPS) is 13.7. The van der Waals surface area contributed by atoms with E-state index in [1.807, 2.05) is 0 Å². The summed E-state index contributed by atoms with van der Waals surface area (Å²) in [5.74, 6) is 0. The van der Waals surface area contributed by atoms with Gasteiger partial charge in [0.05, 0.1) is 0 Å². The van der Waals surface area contributed by atoms with Crippen LogP contribution in [0.2, 0.25) is 0 Å². The van der Waals surface area contributed by atoms with Crippen LogP contribution in [0.25, 0.3) is 32.7 Å². The molecule has 1 aliphatic heterocycles. The molecule has 1 heterocycles. The predicted molar refractivity (Wildman–Crippen MR) is 149 cm³/mol. The molecular formula is C33H24Si. The van der Waals surface area contributed by atoms with E-state index in [0.717, 1.165) is 0 Å². The lowest BCUT2D eigenvalue weighted by atomic mass is 9.95. The maximum atomic E-state index is 2.43. The molecule has 1 heteroatoms. The van der Waals surface area contributed by atoms with Crippen molar-refractivity contribution in [3.8, 4) is 11.1 Å². The number of benzene rings is 6. The van der Waals surface area contributed by atoms with Crippen LogP contribution in [0.1, 0.15) is 5.56 Å². The Balaban J connectivity index is 1.68. The lowest BCUT2D eigenvalue weighted by Gasteiger charge is -2.31. The molecule has 0 aliphatic carbocycles. The summed E-state index contributed by atoms with van der Waals surface area (Å²) in [5.41, 5.74) is 4.13. The Labute approximate surface area is 201 Å². The summed E-state index contributed by atoms with van der Waals surface area (Å²) in [6, 6.07) is 47.9. The number of hydrogen-bond donors (Lipinski definition) is 0. The highest BCUT2D eigenvalue weighted by molar-refractivity contribution is 7.22. The molecule has 0 saturated heterocycles. The van der Waals surface area contributed by atoms with E-state index >= 15 is 0 Å². The topological polar surface area (TPSA) is 0 Å². The summed E-state index contributed by atoms with van der Waals surface area (Å²) < 4.78 is 0. The molecule has 1 aliphatic rings. The van der Waals surface area contributed by atoms with Crippen molar-refractivity contribution < 1.29 is 0 Å². The zero-order chi connectivity index (χ0) is 22.7. The van der Waals surface area contributed by atoms with Crippen LogP contribution in [-0.4, -0.2) is 8.07 Å². The van der Waals surface area contributed by atoms with Gasteiger partial charge in [-0.05, 0) is 72.5 Å². The maximum absolute atomic E-state index is 2.43. The second-order valence-corrected chi connectivity index (χ2v) is 13.2. The van der Waals surface area contributed by atoms with Crippen LogP contribution in [0.5, 0.6) is 0 Å². The van der Waals surface area contributed by atoms with Crippen molar-refractivity contribution in [2.45, 2.75) is 6.92 Å². The average Bonchev–Trinajstić information content (AvgIpc) is 3.20. The molecule has 0 aromatic heterocycles. The van der Waals surface area contributed by atoms with Gasteiger partial charge in [-0.3, -0.25) is 0 Å². The quantitative estimate of drug-likeness (QED) is 0.236. The second kappa shape index (κ2) is 7.28. The molecule has 0 N–H and O–H groups in total. The monoisotopic (exact) mass is 448 g/mol. The van der Waals surface area contributed by atoms with E-state index < -0.39 is 8.07 Å².